The first-order valence-corrected chi connectivity index (χ1v) is 8.66. The van der Waals surface area contributed by atoms with Gasteiger partial charge in [0.05, 0.1) is 25.2 Å². The van der Waals surface area contributed by atoms with Crippen molar-refractivity contribution in [3.63, 3.8) is 0 Å². The predicted octanol–water partition coefficient (Wildman–Crippen LogP) is 3.97. The van der Waals surface area contributed by atoms with Gasteiger partial charge in [0.15, 0.2) is 11.5 Å². The molecule has 144 valence electrons. The van der Waals surface area contributed by atoms with Crippen molar-refractivity contribution < 1.29 is 19.2 Å². The summed E-state index contributed by atoms with van der Waals surface area (Å²) in [6.45, 7) is 4.81. The molecule has 0 N–H and O–H groups in total. The number of rotatable bonds is 8. The number of ether oxygens (including phenoxy) is 2. The lowest BCUT2D eigenvalue weighted by Gasteiger charge is -2.23. The lowest BCUT2D eigenvalue weighted by molar-refractivity contribution is -0.385. The smallest absolute Gasteiger partial charge is 0.286 e. The zero-order valence-corrected chi connectivity index (χ0v) is 16.0. The van der Waals surface area contributed by atoms with Crippen LogP contribution in [0, 0.1) is 17.0 Å². The highest BCUT2D eigenvalue weighted by Gasteiger charge is 2.27. The fourth-order valence-corrected chi connectivity index (χ4v) is 2.80. The van der Waals surface area contributed by atoms with Crippen LogP contribution in [0.3, 0.4) is 0 Å². The topological polar surface area (TPSA) is 81.9 Å². The van der Waals surface area contributed by atoms with Gasteiger partial charge in [-0.25, -0.2) is 0 Å². The maximum atomic E-state index is 13.1. The Morgan fingerprint density at radius 1 is 1.11 bits per heavy atom. The fourth-order valence-electron chi connectivity index (χ4n) is 2.80. The molecule has 1 amide bonds. The first-order chi connectivity index (χ1) is 12.9. The van der Waals surface area contributed by atoms with Crippen LogP contribution in [-0.4, -0.2) is 36.5 Å². The minimum Gasteiger partial charge on any atom is -0.493 e. The molecule has 2 aromatic rings. The molecule has 0 aliphatic carbocycles. The van der Waals surface area contributed by atoms with E-state index in [9.17, 15) is 14.9 Å². The largest absolute Gasteiger partial charge is 0.493 e. The first kappa shape index (κ1) is 20.2. The second-order valence-electron chi connectivity index (χ2n) is 6.19. The van der Waals surface area contributed by atoms with Crippen LogP contribution < -0.4 is 9.47 Å². The number of carbonyl (C=O) groups is 1. The number of nitro benzene ring substituents is 1. The van der Waals surface area contributed by atoms with E-state index in [2.05, 4.69) is 0 Å². The Balaban J connectivity index is 2.44. The van der Waals surface area contributed by atoms with Gasteiger partial charge in [0, 0.05) is 19.2 Å². The third-order valence-electron chi connectivity index (χ3n) is 4.20. The second kappa shape index (κ2) is 9.02. The van der Waals surface area contributed by atoms with Crippen LogP contribution in [0.5, 0.6) is 11.5 Å². The lowest BCUT2D eigenvalue weighted by Crippen LogP contribution is -2.31. The molecule has 0 saturated carbocycles. The van der Waals surface area contributed by atoms with Gasteiger partial charge in [-0.15, -0.1) is 0 Å². The third-order valence-corrected chi connectivity index (χ3v) is 4.20. The molecule has 2 rings (SSSR count). The van der Waals surface area contributed by atoms with Crippen LogP contribution in [0.1, 0.15) is 34.8 Å². The van der Waals surface area contributed by atoms with Gasteiger partial charge in [0.25, 0.3) is 11.6 Å². The van der Waals surface area contributed by atoms with Crippen molar-refractivity contribution in [2.24, 2.45) is 0 Å². The van der Waals surface area contributed by atoms with E-state index in [0.717, 1.165) is 17.5 Å². The zero-order chi connectivity index (χ0) is 20.0. The van der Waals surface area contributed by atoms with E-state index in [1.807, 2.05) is 38.1 Å². The van der Waals surface area contributed by atoms with Crippen molar-refractivity contribution in [3.05, 3.63) is 63.2 Å². The van der Waals surface area contributed by atoms with Gasteiger partial charge in [-0.05, 0) is 18.9 Å². The van der Waals surface area contributed by atoms with Crippen molar-refractivity contribution in [3.8, 4) is 11.5 Å². The van der Waals surface area contributed by atoms with Crippen LogP contribution in [0.4, 0.5) is 5.69 Å². The zero-order valence-electron chi connectivity index (χ0n) is 16.0. The maximum Gasteiger partial charge on any atom is 0.286 e. The summed E-state index contributed by atoms with van der Waals surface area (Å²) < 4.78 is 10.3. The summed E-state index contributed by atoms with van der Waals surface area (Å²) in [7, 11) is 2.82. The molecule has 0 unspecified atom stereocenters. The average Bonchev–Trinajstić information content (AvgIpc) is 2.67. The summed E-state index contributed by atoms with van der Waals surface area (Å²) in [5.74, 6) is 0.0737. The van der Waals surface area contributed by atoms with E-state index in [0.29, 0.717) is 13.1 Å². The van der Waals surface area contributed by atoms with Gasteiger partial charge in [0.2, 0.25) is 0 Å². The van der Waals surface area contributed by atoms with Gasteiger partial charge in [-0.2, -0.15) is 0 Å². The van der Waals surface area contributed by atoms with Crippen LogP contribution >= 0.6 is 0 Å². The molecule has 0 bridgehead atoms. The highest BCUT2D eigenvalue weighted by Crippen LogP contribution is 2.35. The number of aryl methyl sites for hydroxylation is 1. The van der Waals surface area contributed by atoms with Gasteiger partial charge in [-0.1, -0.05) is 36.8 Å². The molecular weight excluding hydrogens is 348 g/mol. The number of methoxy groups -OCH3 is 2. The highest BCUT2D eigenvalue weighted by molar-refractivity contribution is 5.99. The van der Waals surface area contributed by atoms with Crippen molar-refractivity contribution in [1.29, 1.82) is 0 Å². The molecular formula is C20H24N2O5. The molecule has 0 aliphatic rings. The monoisotopic (exact) mass is 372 g/mol. The molecule has 0 fully saturated rings. The minimum absolute atomic E-state index is 0.0155. The lowest BCUT2D eigenvalue weighted by atomic mass is 10.1. The van der Waals surface area contributed by atoms with E-state index in [1.165, 1.54) is 26.4 Å². The number of nitro groups is 1. The van der Waals surface area contributed by atoms with Crippen molar-refractivity contribution >= 4 is 11.6 Å². The standard InChI is InChI=1S/C20H24N2O5/c1-5-10-21(13-15-8-6-14(2)7-9-15)20(23)16-11-18(26-3)19(27-4)12-17(16)22(24)25/h6-9,11-12H,5,10,13H2,1-4H3. The number of benzene rings is 2. The van der Waals surface area contributed by atoms with E-state index < -0.39 is 10.8 Å². The Labute approximate surface area is 158 Å². The second-order valence-corrected chi connectivity index (χ2v) is 6.19. The van der Waals surface area contributed by atoms with E-state index in [-0.39, 0.29) is 22.7 Å². The summed E-state index contributed by atoms with van der Waals surface area (Å²) in [4.78, 5) is 25.7. The predicted molar refractivity (Wildman–Crippen MR) is 102 cm³/mol. The summed E-state index contributed by atoms with van der Waals surface area (Å²) in [5.41, 5.74) is 1.77. The molecule has 0 heterocycles. The van der Waals surface area contributed by atoms with Gasteiger partial charge >= 0.3 is 0 Å². The molecule has 0 atom stereocenters. The Morgan fingerprint density at radius 2 is 1.70 bits per heavy atom. The molecule has 27 heavy (non-hydrogen) atoms. The van der Waals surface area contributed by atoms with Gasteiger partial charge in [0.1, 0.15) is 5.56 Å². The molecule has 0 saturated heterocycles. The van der Waals surface area contributed by atoms with E-state index in [4.69, 9.17) is 9.47 Å². The van der Waals surface area contributed by atoms with Crippen LogP contribution in [-0.2, 0) is 6.54 Å². The SMILES string of the molecule is CCCN(Cc1ccc(C)cc1)C(=O)c1cc(OC)c(OC)cc1[N+](=O)[O-]. The molecule has 2 aromatic carbocycles. The summed E-state index contributed by atoms with van der Waals surface area (Å²) >= 11 is 0. The maximum absolute atomic E-state index is 13.1. The van der Waals surface area contributed by atoms with E-state index in [1.54, 1.807) is 4.90 Å². The Morgan fingerprint density at radius 3 is 2.22 bits per heavy atom. The van der Waals surface area contributed by atoms with Crippen molar-refractivity contribution in [2.45, 2.75) is 26.8 Å². The molecule has 7 nitrogen and oxygen atoms in total. The fraction of sp³-hybridized carbons (Fsp3) is 0.350. The van der Waals surface area contributed by atoms with Crippen LogP contribution in [0.15, 0.2) is 36.4 Å². The van der Waals surface area contributed by atoms with Crippen molar-refractivity contribution in [2.75, 3.05) is 20.8 Å². The number of hydrogen-bond acceptors (Lipinski definition) is 5. The Kier molecular flexibility index (Phi) is 6.76. The molecule has 0 aliphatic heterocycles. The van der Waals surface area contributed by atoms with Gasteiger partial charge < -0.3 is 14.4 Å². The average molecular weight is 372 g/mol. The van der Waals surface area contributed by atoms with Crippen LogP contribution in [0.2, 0.25) is 0 Å². The molecule has 0 spiro atoms. The van der Waals surface area contributed by atoms with Crippen molar-refractivity contribution in [1.82, 2.24) is 4.90 Å². The van der Waals surface area contributed by atoms with Crippen LogP contribution in [0.25, 0.3) is 0 Å². The number of nitrogens with zero attached hydrogens (tertiary/aromatic N) is 2. The highest BCUT2D eigenvalue weighted by atomic mass is 16.6. The minimum atomic E-state index is -0.578. The number of amides is 1. The van der Waals surface area contributed by atoms with E-state index >= 15 is 0 Å². The summed E-state index contributed by atoms with van der Waals surface area (Å²) in [6, 6.07) is 10.5. The number of carbonyl (C=O) groups excluding carboxylic acids is 1. The summed E-state index contributed by atoms with van der Waals surface area (Å²) in [6.07, 6.45) is 0.735. The quantitative estimate of drug-likeness (QED) is 0.517. The normalized spacial score (nSPS) is 10.4. The molecule has 0 aromatic heterocycles. The molecule has 7 heteroatoms. The first-order valence-electron chi connectivity index (χ1n) is 8.66. The Hall–Kier alpha value is -3.09. The summed E-state index contributed by atoms with van der Waals surface area (Å²) in [5, 5.41) is 11.5. The van der Waals surface area contributed by atoms with Gasteiger partial charge in [-0.3, -0.25) is 14.9 Å². The third kappa shape index (κ3) is 4.75. The number of hydrogen-bond donors (Lipinski definition) is 0. The molecule has 0 radical (unpaired) electrons. The Bertz CT molecular complexity index is 818.